The molecule has 39 heavy (non-hydrogen) atoms. The molecule has 204 valence electrons. The quantitative estimate of drug-likeness (QED) is 0.337. The normalized spacial score (nSPS) is 15.4. The zero-order chi connectivity index (χ0) is 27.6. The van der Waals surface area contributed by atoms with E-state index < -0.39 is 17.7 Å². The predicted molar refractivity (Wildman–Crippen MR) is 145 cm³/mol. The second-order valence-corrected chi connectivity index (χ2v) is 9.85. The van der Waals surface area contributed by atoms with Crippen molar-refractivity contribution >= 4 is 28.7 Å². The van der Waals surface area contributed by atoms with Gasteiger partial charge in [-0.1, -0.05) is 6.07 Å². The molecule has 1 amide bonds. The molecule has 9 nitrogen and oxygen atoms in total. The van der Waals surface area contributed by atoms with E-state index in [0.29, 0.717) is 50.2 Å². The molecule has 4 aromatic rings. The third-order valence-corrected chi connectivity index (χ3v) is 7.09. The third kappa shape index (κ3) is 5.98. The Morgan fingerprint density at radius 3 is 2.69 bits per heavy atom. The Bertz CT molecular complexity index is 1460. The minimum Gasteiger partial charge on any atom is -0.494 e. The van der Waals surface area contributed by atoms with E-state index in [1.165, 1.54) is 11.8 Å². The molecule has 1 aromatic carbocycles. The minimum absolute atomic E-state index is 0.432. The Labute approximate surface area is 225 Å². The zero-order valence-corrected chi connectivity index (χ0v) is 22.1. The van der Waals surface area contributed by atoms with Gasteiger partial charge in [-0.15, -0.1) is 0 Å². The van der Waals surface area contributed by atoms with E-state index in [1.54, 1.807) is 25.7 Å². The molecule has 1 fully saturated rings. The van der Waals surface area contributed by atoms with Gasteiger partial charge in [0, 0.05) is 57.6 Å². The monoisotopic (exact) mass is 535 g/mol. The van der Waals surface area contributed by atoms with Crippen molar-refractivity contribution in [3.63, 3.8) is 0 Å². The number of benzene rings is 1. The molecular weight excluding hydrogens is 504 g/mol. The predicted octanol–water partition coefficient (Wildman–Crippen LogP) is 4.71. The van der Waals surface area contributed by atoms with Crippen LogP contribution in [0.4, 0.5) is 20.5 Å². The van der Waals surface area contributed by atoms with Gasteiger partial charge in [0.1, 0.15) is 11.6 Å². The molecule has 0 saturated carbocycles. The van der Waals surface area contributed by atoms with Crippen molar-refractivity contribution in [2.75, 3.05) is 38.6 Å². The van der Waals surface area contributed by atoms with E-state index >= 15 is 0 Å². The Morgan fingerprint density at radius 1 is 1.15 bits per heavy atom. The first-order chi connectivity index (χ1) is 18.7. The number of alkyl halides is 2. The highest BCUT2D eigenvalue weighted by molar-refractivity contribution is 5.85. The molecule has 0 radical (unpaired) electrons. The molecule has 1 atom stereocenters. The number of methoxy groups -OCH3 is 1. The van der Waals surface area contributed by atoms with Crippen molar-refractivity contribution in [2.45, 2.75) is 26.3 Å². The van der Waals surface area contributed by atoms with Crippen LogP contribution in [0.2, 0.25) is 0 Å². The fourth-order valence-corrected chi connectivity index (χ4v) is 4.66. The van der Waals surface area contributed by atoms with Crippen molar-refractivity contribution < 1.29 is 18.3 Å². The van der Waals surface area contributed by atoms with Crippen LogP contribution in [0.15, 0.2) is 55.0 Å². The highest BCUT2D eigenvalue weighted by Crippen LogP contribution is 2.31. The lowest BCUT2D eigenvalue weighted by atomic mass is 10.0. The molecule has 0 spiro atoms. The largest absolute Gasteiger partial charge is 0.494 e. The first-order valence-electron chi connectivity index (χ1n) is 12.8. The molecule has 1 unspecified atom stereocenters. The Morgan fingerprint density at radius 2 is 1.95 bits per heavy atom. The second kappa shape index (κ2) is 10.9. The Hall–Kier alpha value is -4.12. The highest BCUT2D eigenvalue weighted by atomic mass is 19.3. The van der Waals surface area contributed by atoms with Crippen molar-refractivity contribution in [1.82, 2.24) is 29.7 Å². The highest BCUT2D eigenvalue weighted by Gasteiger charge is 2.38. The summed E-state index contributed by atoms with van der Waals surface area (Å²) >= 11 is 0. The summed E-state index contributed by atoms with van der Waals surface area (Å²) in [6, 6.07) is 11.8. The van der Waals surface area contributed by atoms with Gasteiger partial charge in [-0.3, -0.25) is 14.7 Å². The molecule has 2 N–H and O–H groups in total. The number of carbonyl (C=O) groups is 1. The minimum atomic E-state index is -3.02. The summed E-state index contributed by atoms with van der Waals surface area (Å²) < 4.78 is 32.6. The van der Waals surface area contributed by atoms with Crippen molar-refractivity contribution in [3.05, 3.63) is 60.6 Å². The Kier molecular flexibility index (Phi) is 7.42. The number of hydrogen-bond donors (Lipinski definition) is 2. The van der Waals surface area contributed by atoms with Gasteiger partial charge in [0.05, 0.1) is 30.3 Å². The SMILES string of the molecule is COc1cnccc1-c1ccc2nc(Nc3cc(CN4CCN(C(=O)C(C)C(C)(F)F)CC4)ccn3)[nH]c2c1. The van der Waals surface area contributed by atoms with Crippen LogP contribution in [0, 0.1) is 5.92 Å². The number of nitrogens with one attached hydrogen (secondary N) is 2. The van der Waals surface area contributed by atoms with Gasteiger partial charge in [-0.25, -0.2) is 18.7 Å². The van der Waals surface area contributed by atoms with Crippen LogP contribution in [-0.2, 0) is 11.3 Å². The summed E-state index contributed by atoms with van der Waals surface area (Å²) in [6.07, 6.45) is 5.15. The fourth-order valence-electron chi connectivity index (χ4n) is 4.66. The molecule has 5 rings (SSSR count). The van der Waals surface area contributed by atoms with Crippen LogP contribution in [0.25, 0.3) is 22.2 Å². The zero-order valence-electron chi connectivity index (χ0n) is 22.1. The van der Waals surface area contributed by atoms with Gasteiger partial charge >= 0.3 is 0 Å². The van der Waals surface area contributed by atoms with Crippen LogP contribution in [0.3, 0.4) is 0 Å². The number of fused-ring (bicyclic) bond motifs is 1. The maximum absolute atomic E-state index is 13.6. The van der Waals surface area contributed by atoms with Gasteiger partial charge in [0.15, 0.2) is 0 Å². The summed E-state index contributed by atoms with van der Waals surface area (Å²) in [5.74, 6) is -2.92. The van der Waals surface area contributed by atoms with Crippen LogP contribution >= 0.6 is 0 Å². The maximum atomic E-state index is 13.6. The first kappa shape index (κ1) is 26.5. The molecule has 1 aliphatic rings. The summed E-state index contributed by atoms with van der Waals surface area (Å²) in [7, 11) is 1.62. The van der Waals surface area contributed by atoms with E-state index in [9.17, 15) is 13.6 Å². The van der Waals surface area contributed by atoms with Gasteiger partial charge in [-0.2, -0.15) is 0 Å². The molecule has 1 aliphatic heterocycles. The number of imidazole rings is 1. The van der Waals surface area contributed by atoms with Crippen LogP contribution in [0.1, 0.15) is 19.4 Å². The number of amides is 1. The number of hydrogen-bond acceptors (Lipinski definition) is 7. The van der Waals surface area contributed by atoms with Gasteiger partial charge in [0.25, 0.3) is 5.92 Å². The van der Waals surface area contributed by atoms with Gasteiger partial charge in [-0.05, 0) is 48.4 Å². The van der Waals surface area contributed by atoms with E-state index in [1.807, 2.05) is 36.4 Å². The molecule has 3 aromatic heterocycles. The van der Waals surface area contributed by atoms with E-state index in [4.69, 9.17) is 4.74 Å². The number of halogens is 2. The summed E-state index contributed by atoms with van der Waals surface area (Å²) in [5.41, 5.74) is 4.65. The number of aromatic nitrogens is 4. The second-order valence-electron chi connectivity index (χ2n) is 9.85. The summed E-state index contributed by atoms with van der Waals surface area (Å²) in [5, 5.41) is 3.25. The summed E-state index contributed by atoms with van der Waals surface area (Å²) in [4.78, 5) is 32.6. The van der Waals surface area contributed by atoms with Crippen LogP contribution in [-0.4, -0.2) is 74.9 Å². The van der Waals surface area contributed by atoms with Crippen LogP contribution in [0.5, 0.6) is 5.75 Å². The smallest absolute Gasteiger partial charge is 0.256 e. The number of ether oxygens (including phenoxy) is 1. The van der Waals surface area contributed by atoms with Crippen molar-refractivity contribution in [1.29, 1.82) is 0 Å². The average Bonchev–Trinajstić information content (AvgIpc) is 3.33. The van der Waals surface area contributed by atoms with E-state index in [-0.39, 0.29) is 0 Å². The number of aromatic amines is 1. The van der Waals surface area contributed by atoms with Crippen molar-refractivity contribution in [2.24, 2.45) is 5.92 Å². The number of rotatable bonds is 8. The number of anilines is 2. The standard InChI is InChI=1S/C28H31F2N7O2/c1-18(28(2,29)30)26(38)37-12-10-36(11-13-37)17-19-6-9-32-25(14-19)35-27-33-22-5-4-20(15-23(22)34-27)21-7-8-31-16-24(21)39-3/h4-9,14-16,18H,10-13,17H2,1-3H3,(H2,32,33,34,35). The van der Waals surface area contributed by atoms with E-state index in [0.717, 1.165) is 34.6 Å². The molecule has 0 aliphatic carbocycles. The molecule has 11 heteroatoms. The Balaban J connectivity index is 1.22. The number of H-pyrrole nitrogens is 1. The number of nitrogens with zero attached hydrogens (tertiary/aromatic N) is 5. The van der Waals surface area contributed by atoms with Gasteiger partial charge < -0.3 is 19.9 Å². The summed E-state index contributed by atoms with van der Waals surface area (Å²) in [6.45, 7) is 4.85. The topological polar surface area (TPSA) is 99.3 Å². The fraction of sp³-hybridized carbons (Fsp3) is 0.357. The number of carbonyl (C=O) groups excluding carboxylic acids is 1. The lowest BCUT2D eigenvalue weighted by Crippen LogP contribution is -2.51. The first-order valence-corrected chi connectivity index (χ1v) is 12.8. The lowest BCUT2D eigenvalue weighted by molar-refractivity contribution is -0.148. The van der Waals surface area contributed by atoms with Gasteiger partial charge in [0.2, 0.25) is 11.9 Å². The number of pyridine rings is 2. The third-order valence-electron chi connectivity index (χ3n) is 7.09. The molecule has 1 saturated heterocycles. The number of piperazine rings is 1. The molecular formula is C28H31F2N7O2. The van der Waals surface area contributed by atoms with Crippen LogP contribution < -0.4 is 10.1 Å². The lowest BCUT2D eigenvalue weighted by Gasteiger charge is -2.36. The molecule has 4 heterocycles. The van der Waals surface area contributed by atoms with E-state index in [2.05, 4.69) is 30.2 Å². The van der Waals surface area contributed by atoms with Crippen molar-refractivity contribution in [3.8, 4) is 16.9 Å². The maximum Gasteiger partial charge on any atom is 0.256 e. The molecule has 0 bridgehead atoms. The average molecular weight is 536 g/mol.